The lowest BCUT2D eigenvalue weighted by Gasteiger charge is -2.04. The molecule has 4 nitrogen and oxygen atoms in total. The number of pyridine rings is 1. The van der Waals surface area contributed by atoms with E-state index < -0.39 is 0 Å². The summed E-state index contributed by atoms with van der Waals surface area (Å²) in [6.07, 6.45) is 3.88. The zero-order valence-electron chi connectivity index (χ0n) is 9.93. The number of aryl methyl sites for hydroxylation is 1. The molecule has 0 atom stereocenters. The second-order valence-electron chi connectivity index (χ2n) is 3.95. The average Bonchev–Trinajstić information content (AvgIpc) is 2.85. The quantitative estimate of drug-likeness (QED) is 0.869. The van der Waals surface area contributed by atoms with Gasteiger partial charge >= 0.3 is 0 Å². The first-order valence-corrected chi connectivity index (χ1v) is 6.66. The highest BCUT2D eigenvalue weighted by molar-refractivity contribution is 7.09. The number of amides is 1. The molecule has 0 bridgehead atoms. The minimum absolute atomic E-state index is 0.0122. The van der Waals surface area contributed by atoms with Crippen molar-refractivity contribution in [1.82, 2.24) is 4.98 Å². The molecule has 2 aromatic heterocycles. The summed E-state index contributed by atoms with van der Waals surface area (Å²) in [5.74, 6) is 0.462. The lowest BCUT2D eigenvalue weighted by Crippen LogP contribution is -2.11. The van der Waals surface area contributed by atoms with E-state index in [2.05, 4.69) is 21.7 Å². The molecule has 3 N–H and O–H groups in total. The molecule has 0 aliphatic rings. The largest absolute Gasteiger partial charge is 0.384 e. The summed E-state index contributed by atoms with van der Waals surface area (Å²) in [6.45, 7) is 0. The lowest BCUT2D eigenvalue weighted by atomic mass is 10.2. The molecule has 0 aliphatic carbocycles. The van der Waals surface area contributed by atoms with Gasteiger partial charge in [-0.3, -0.25) is 4.79 Å². The molecule has 94 valence electrons. The number of anilines is 2. The van der Waals surface area contributed by atoms with Gasteiger partial charge in [-0.05, 0) is 36.4 Å². The monoisotopic (exact) mass is 261 g/mol. The van der Waals surface area contributed by atoms with Gasteiger partial charge in [0.15, 0.2) is 0 Å². The molecule has 0 spiro atoms. The molecule has 5 heteroatoms. The third-order valence-electron chi connectivity index (χ3n) is 2.48. The van der Waals surface area contributed by atoms with Crippen molar-refractivity contribution in [2.45, 2.75) is 19.3 Å². The van der Waals surface area contributed by atoms with Gasteiger partial charge in [0.05, 0.1) is 11.9 Å². The number of nitrogen functional groups attached to an aromatic ring is 1. The smallest absolute Gasteiger partial charge is 0.224 e. The van der Waals surface area contributed by atoms with Crippen molar-refractivity contribution in [3.05, 3.63) is 40.7 Å². The Morgan fingerprint density at radius 1 is 1.39 bits per heavy atom. The fraction of sp³-hybridized carbons (Fsp3) is 0.231. The molecule has 0 radical (unpaired) electrons. The Bertz CT molecular complexity index is 493. The minimum Gasteiger partial charge on any atom is -0.384 e. The van der Waals surface area contributed by atoms with Crippen LogP contribution in [-0.4, -0.2) is 10.9 Å². The maximum atomic E-state index is 11.7. The van der Waals surface area contributed by atoms with E-state index >= 15 is 0 Å². The van der Waals surface area contributed by atoms with Gasteiger partial charge in [0.25, 0.3) is 0 Å². The molecule has 0 fully saturated rings. The highest BCUT2D eigenvalue weighted by Gasteiger charge is 2.03. The van der Waals surface area contributed by atoms with Gasteiger partial charge < -0.3 is 11.1 Å². The van der Waals surface area contributed by atoms with E-state index in [9.17, 15) is 4.79 Å². The van der Waals surface area contributed by atoms with Crippen molar-refractivity contribution in [2.75, 3.05) is 11.1 Å². The number of carbonyl (C=O) groups excluding carboxylic acids is 1. The summed E-state index contributed by atoms with van der Waals surface area (Å²) in [4.78, 5) is 16.9. The summed E-state index contributed by atoms with van der Waals surface area (Å²) in [5.41, 5.74) is 6.15. The Balaban J connectivity index is 1.73. The number of aromatic nitrogens is 1. The molecule has 2 rings (SSSR count). The first-order valence-electron chi connectivity index (χ1n) is 5.78. The van der Waals surface area contributed by atoms with Crippen LogP contribution in [0.3, 0.4) is 0 Å². The van der Waals surface area contributed by atoms with E-state index in [1.54, 1.807) is 29.7 Å². The zero-order chi connectivity index (χ0) is 12.8. The van der Waals surface area contributed by atoms with Crippen LogP contribution in [0, 0.1) is 0 Å². The maximum Gasteiger partial charge on any atom is 0.224 e. The Morgan fingerprint density at radius 2 is 2.28 bits per heavy atom. The van der Waals surface area contributed by atoms with E-state index in [1.165, 1.54) is 4.88 Å². The van der Waals surface area contributed by atoms with Crippen LogP contribution >= 0.6 is 11.3 Å². The second-order valence-corrected chi connectivity index (χ2v) is 4.99. The lowest BCUT2D eigenvalue weighted by molar-refractivity contribution is -0.116. The third kappa shape index (κ3) is 3.85. The van der Waals surface area contributed by atoms with Gasteiger partial charge in [0.1, 0.15) is 5.82 Å². The van der Waals surface area contributed by atoms with Gasteiger partial charge in [0, 0.05) is 11.3 Å². The second kappa shape index (κ2) is 6.16. The standard InChI is InChI=1S/C13H15N3OS/c14-12-7-6-10(9-15-12)16-13(17)5-1-3-11-4-2-8-18-11/h2,4,6-9H,1,3,5H2,(H2,14,15)(H,16,17). The predicted molar refractivity (Wildman–Crippen MR) is 74.5 cm³/mol. The normalized spacial score (nSPS) is 10.2. The van der Waals surface area contributed by atoms with Crippen LogP contribution in [0.5, 0.6) is 0 Å². The van der Waals surface area contributed by atoms with E-state index in [0.29, 0.717) is 17.9 Å². The summed E-state index contributed by atoms with van der Waals surface area (Å²) in [7, 11) is 0. The number of nitrogens with zero attached hydrogens (tertiary/aromatic N) is 1. The Morgan fingerprint density at radius 3 is 2.94 bits per heavy atom. The number of nitrogens with one attached hydrogen (secondary N) is 1. The molecule has 0 saturated carbocycles. The first-order chi connectivity index (χ1) is 8.74. The third-order valence-corrected chi connectivity index (χ3v) is 3.41. The molecular formula is C13H15N3OS. The van der Waals surface area contributed by atoms with Gasteiger partial charge in [-0.25, -0.2) is 4.98 Å². The number of carbonyl (C=O) groups is 1. The molecule has 0 aliphatic heterocycles. The number of nitrogens with two attached hydrogens (primary N) is 1. The minimum atomic E-state index is 0.0122. The summed E-state index contributed by atoms with van der Waals surface area (Å²) >= 11 is 1.72. The van der Waals surface area contributed by atoms with Crippen LogP contribution in [0.4, 0.5) is 11.5 Å². The van der Waals surface area contributed by atoms with Crippen LogP contribution in [-0.2, 0) is 11.2 Å². The molecule has 18 heavy (non-hydrogen) atoms. The van der Waals surface area contributed by atoms with E-state index in [4.69, 9.17) is 5.73 Å². The zero-order valence-corrected chi connectivity index (χ0v) is 10.7. The Hall–Kier alpha value is -1.88. The van der Waals surface area contributed by atoms with Gasteiger partial charge in [0.2, 0.25) is 5.91 Å². The van der Waals surface area contributed by atoms with Gasteiger partial charge in [-0.2, -0.15) is 0 Å². The average molecular weight is 261 g/mol. The summed E-state index contributed by atoms with van der Waals surface area (Å²) in [5, 5.41) is 4.85. The topological polar surface area (TPSA) is 68.0 Å². The number of hydrogen-bond acceptors (Lipinski definition) is 4. The fourth-order valence-electron chi connectivity index (χ4n) is 1.58. The molecule has 0 unspecified atom stereocenters. The van der Waals surface area contributed by atoms with Crippen molar-refractivity contribution in [3.63, 3.8) is 0 Å². The van der Waals surface area contributed by atoms with E-state index in [1.807, 2.05) is 6.07 Å². The maximum absolute atomic E-state index is 11.7. The van der Waals surface area contributed by atoms with Crippen molar-refractivity contribution >= 4 is 28.7 Å². The number of hydrogen-bond donors (Lipinski definition) is 2. The highest BCUT2D eigenvalue weighted by atomic mass is 32.1. The number of rotatable bonds is 5. The fourth-order valence-corrected chi connectivity index (χ4v) is 2.33. The summed E-state index contributed by atoms with van der Waals surface area (Å²) in [6, 6.07) is 7.54. The summed E-state index contributed by atoms with van der Waals surface area (Å²) < 4.78 is 0. The Labute approximate surface area is 110 Å². The molecule has 1 amide bonds. The van der Waals surface area contributed by atoms with E-state index in [-0.39, 0.29) is 5.91 Å². The molecular weight excluding hydrogens is 246 g/mol. The Kier molecular flexibility index (Phi) is 4.30. The first kappa shape index (κ1) is 12.6. The number of thiophene rings is 1. The van der Waals surface area contributed by atoms with E-state index in [0.717, 1.165) is 12.8 Å². The molecule has 0 saturated heterocycles. The van der Waals surface area contributed by atoms with Crippen molar-refractivity contribution in [1.29, 1.82) is 0 Å². The van der Waals surface area contributed by atoms with Crippen LogP contribution in [0.2, 0.25) is 0 Å². The van der Waals surface area contributed by atoms with Crippen LogP contribution in [0.15, 0.2) is 35.8 Å². The van der Waals surface area contributed by atoms with Crippen LogP contribution in [0.1, 0.15) is 17.7 Å². The van der Waals surface area contributed by atoms with Crippen molar-refractivity contribution in [3.8, 4) is 0 Å². The molecule has 2 heterocycles. The van der Waals surface area contributed by atoms with Crippen molar-refractivity contribution < 1.29 is 4.79 Å². The van der Waals surface area contributed by atoms with Crippen LogP contribution < -0.4 is 11.1 Å². The predicted octanol–water partition coefficient (Wildman–Crippen LogP) is 2.69. The molecule has 2 aromatic rings. The SMILES string of the molecule is Nc1ccc(NC(=O)CCCc2cccs2)cn1. The highest BCUT2D eigenvalue weighted by Crippen LogP contribution is 2.13. The van der Waals surface area contributed by atoms with Crippen molar-refractivity contribution in [2.24, 2.45) is 0 Å². The molecule has 0 aromatic carbocycles. The van der Waals surface area contributed by atoms with Gasteiger partial charge in [-0.15, -0.1) is 11.3 Å². The van der Waals surface area contributed by atoms with Gasteiger partial charge in [-0.1, -0.05) is 6.07 Å². The van der Waals surface area contributed by atoms with Crippen LogP contribution in [0.25, 0.3) is 0 Å².